The van der Waals surface area contributed by atoms with Gasteiger partial charge in [-0.25, -0.2) is 0 Å². The van der Waals surface area contributed by atoms with Gasteiger partial charge in [0, 0.05) is 6.04 Å². The van der Waals surface area contributed by atoms with E-state index in [2.05, 4.69) is 16.7 Å². The van der Waals surface area contributed by atoms with E-state index in [9.17, 15) is 4.79 Å². The number of hydrogen-bond donors (Lipinski definition) is 2. The largest absolute Gasteiger partial charge is 0.495 e. The molecule has 0 heterocycles. The molecule has 0 aliphatic heterocycles. The molecular formula is C13H17N3O2. The Balaban J connectivity index is 2.78. The van der Waals surface area contributed by atoms with Crippen molar-refractivity contribution in [3.8, 4) is 11.8 Å². The van der Waals surface area contributed by atoms with Crippen LogP contribution in [0.25, 0.3) is 0 Å². The van der Waals surface area contributed by atoms with E-state index in [-0.39, 0.29) is 18.5 Å². The normalized spacial score (nSPS) is 9.72. The van der Waals surface area contributed by atoms with Crippen LogP contribution in [0, 0.1) is 11.3 Å². The van der Waals surface area contributed by atoms with Crippen molar-refractivity contribution in [1.82, 2.24) is 5.32 Å². The van der Waals surface area contributed by atoms with Crippen LogP contribution in [0.2, 0.25) is 0 Å². The van der Waals surface area contributed by atoms with Crippen molar-refractivity contribution in [3.05, 3.63) is 23.8 Å². The summed E-state index contributed by atoms with van der Waals surface area (Å²) in [5, 5.41) is 14.7. The van der Waals surface area contributed by atoms with E-state index >= 15 is 0 Å². The summed E-state index contributed by atoms with van der Waals surface area (Å²) in [5.74, 6) is 0.422. The molecule has 1 amide bonds. The molecule has 0 fully saturated rings. The molecule has 0 aliphatic rings. The Morgan fingerprint density at radius 2 is 2.22 bits per heavy atom. The average Bonchev–Trinajstić information content (AvgIpc) is 2.34. The van der Waals surface area contributed by atoms with Gasteiger partial charge in [-0.05, 0) is 26.0 Å². The Morgan fingerprint density at radius 1 is 1.50 bits per heavy atom. The number of nitriles is 1. The fraction of sp³-hybridized carbons (Fsp3) is 0.385. The van der Waals surface area contributed by atoms with Crippen molar-refractivity contribution in [2.75, 3.05) is 19.0 Å². The number of hydrogen-bond acceptors (Lipinski definition) is 4. The maximum absolute atomic E-state index is 11.5. The van der Waals surface area contributed by atoms with Crippen molar-refractivity contribution in [2.24, 2.45) is 0 Å². The number of ether oxygens (including phenoxy) is 1. The molecule has 1 aromatic carbocycles. The van der Waals surface area contributed by atoms with E-state index in [0.717, 1.165) is 0 Å². The van der Waals surface area contributed by atoms with Crippen molar-refractivity contribution >= 4 is 11.6 Å². The first-order valence-corrected chi connectivity index (χ1v) is 5.68. The summed E-state index contributed by atoms with van der Waals surface area (Å²) in [4.78, 5) is 11.5. The second kappa shape index (κ2) is 6.50. The summed E-state index contributed by atoms with van der Waals surface area (Å²) >= 11 is 0. The molecule has 0 aromatic heterocycles. The van der Waals surface area contributed by atoms with Crippen molar-refractivity contribution < 1.29 is 9.53 Å². The van der Waals surface area contributed by atoms with Gasteiger partial charge in [0.2, 0.25) is 5.91 Å². The molecule has 18 heavy (non-hydrogen) atoms. The van der Waals surface area contributed by atoms with Gasteiger partial charge in [0.25, 0.3) is 0 Å². The summed E-state index contributed by atoms with van der Waals surface area (Å²) in [5.41, 5.74) is 0.994. The highest BCUT2D eigenvalue weighted by Gasteiger charge is 2.10. The molecular weight excluding hydrogens is 230 g/mol. The number of carbonyl (C=O) groups excluding carboxylic acids is 1. The monoisotopic (exact) mass is 247 g/mol. The first-order valence-electron chi connectivity index (χ1n) is 5.68. The Morgan fingerprint density at radius 3 is 2.78 bits per heavy atom. The number of carbonyl (C=O) groups is 1. The lowest BCUT2D eigenvalue weighted by atomic mass is 10.2. The Labute approximate surface area is 107 Å². The zero-order chi connectivity index (χ0) is 13.5. The molecule has 5 nitrogen and oxygen atoms in total. The summed E-state index contributed by atoms with van der Waals surface area (Å²) < 4.78 is 5.16. The molecule has 0 saturated heterocycles. The number of methoxy groups -OCH3 is 1. The molecule has 2 N–H and O–H groups in total. The van der Waals surface area contributed by atoms with E-state index in [0.29, 0.717) is 17.0 Å². The van der Waals surface area contributed by atoms with Gasteiger partial charge in [0.05, 0.1) is 24.9 Å². The highest BCUT2D eigenvalue weighted by Crippen LogP contribution is 2.27. The lowest BCUT2D eigenvalue weighted by Gasteiger charge is -2.13. The predicted molar refractivity (Wildman–Crippen MR) is 69.5 cm³/mol. The highest BCUT2D eigenvalue weighted by molar-refractivity contribution is 5.82. The quantitative estimate of drug-likeness (QED) is 0.827. The van der Waals surface area contributed by atoms with E-state index < -0.39 is 0 Å². The molecule has 1 rings (SSSR count). The van der Waals surface area contributed by atoms with Gasteiger partial charge in [-0.15, -0.1) is 0 Å². The standard InChI is InChI=1S/C13H17N3O2/c1-9(2)16-12(17)8-15-13-10(7-14)5-4-6-11(13)18-3/h4-6,9,15H,8H2,1-3H3,(H,16,17). The van der Waals surface area contributed by atoms with Crippen LogP contribution < -0.4 is 15.4 Å². The Bertz CT molecular complexity index is 464. The van der Waals surface area contributed by atoms with Gasteiger partial charge >= 0.3 is 0 Å². The summed E-state index contributed by atoms with van der Waals surface area (Å²) in [6, 6.07) is 7.30. The maximum Gasteiger partial charge on any atom is 0.239 e. The Hall–Kier alpha value is -2.22. The maximum atomic E-state index is 11.5. The number of rotatable bonds is 5. The highest BCUT2D eigenvalue weighted by atomic mass is 16.5. The third kappa shape index (κ3) is 3.67. The number of anilines is 1. The van der Waals surface area contributed by atoms with E-state index in [4.69, 9.17) is 10.00 Å². The molecule has 0 radical (unpaired) electrons. The number of nitrogens with zero attached hydrogens (tertiary/aromatic N) is 1. The molecule has 0 aliphatic carbocycles. The first-order chi connectivity index (χ1) is 8.58. The smallest absolute Gasteiger partial charge is 0.239 e. The Kier molecular flexibility index (Phi) is 5.00. The second-order valence-corrected chi connectivity index (χ2v) is 4.07. The zero-order valence-corrected chi connectivity index (χ0v) is 10.8. The van der Waals surface area contributed by atoms with Crippen molar-refractivity contribution in [1.29, 1.82) is 5.26 Å². The number of nitrogens with one attached hydrogen (secondary N) is 2. The van der Waals surface area contributed by atoms with E-state index in [1.54, 1.807) is 18.2 Å². The first kappa shape index (κ1) is 13.8. The van der Waals surface area contributed by atoms with Crippen LogP contribution in [0.4, 0.5) is 5.69 Å². The van der Waals surface area contributed by atoms with Gasteiger partial charge in [-0.2, -0.15) is 5.26 Å². The van der Waals surface area contributed by atoms with Gasteiger partial charge in [0.15, 0.2) is 0 Å². The molecule has 5 heteroatoms. The third-order valence-corrected chi connectivity index (χ3v) is 2.24. The SMILES string of the molecule is COc1cccc(C#N)c1NCC(=O)NC(C)C. The predicted octanol–water partition coefficient (Wildman–Crippen LogP) is 1.50. The molecule has 1 aromatic rings. The minimum Gasteiger partial charge on any atom is -0.495 e. The van der Waals surface area contributed by atoms with Crippen LogP contribution in [-0.4, -0.2) is 25.6 Å². The fourth-order valence-electron chi connectivity index (χ4n) is 1.52. The molecule has 0 saturated carbocycles. The summed E-state index contributed by atoms with van der Waals surface area (Å²) in [7, 11) is 1.52. The van der Waals surface area contributed by atoms with Crippen LogP contribution >= 0.6 is 0 Å². The lowest BCUT2D eigenvalue weighted by molar-refractivity contribution is -0.119. The summed E-state index contributed by atoms with van der Waals surface area (Å²) in [6.07, 6.45) is 0. The number of amides is 1. The van der Waals surface area contributed by atoms with E-state index in [1.165, 1.54) is 7.11 Å². The zero-order valence-electron chi connectivity index (χ0n) is 10.8. The molecule has 0 atom stereocenters. The van der Waals surface area contributed by atoms with Crippen LogP contribution in [0.1, 0.15) is 19.4 Å². The van der Waals surface area contributed by atoms with Gasteiger partial charge in [-0.3, -0.25) is 4.79 Å². The average molecular weight is 247 g/mol. The molecule has 96 valence electrons. The summed E-state index contributed by atoms with van der Waals surface area (Å²) in [6.45, 7) is 3.89. The minimum absolute atomic E-state index is 0.0902. The van der Waals surface area contributed by atoms with Gasteiger partial charge in [-0.1, -0.05) is 6.07 Å². The van der Waals surface area contributed by atoms with Crippen LogP contribution in [0.15, 0.2) is 18.2 Å². The minimum atomic E-state index is -0.125. The van der Waals surface area contributed by atoms with Gasteiger partial charge < -0.3 is 15.4 Å². The number of benzene rings is 1. The molecule has 0 unspecified atom stereocenters. The van der Waals surface area contributed by atoms with Crippen molar-refractivity contribution in [2.45, 2.75) is 19.9 Å². The van der Waals surface area contributed by atoms with Crippen LogP contribution in [-0.2, 0) is 4.79 Å². The topological polar surface area (TPSA) is 74.1 Å². The number of para-hydroxylation sites is 1. The van der Waals surface area contributed by atoms with E-state index in [1.807, 2.05) is 13.8 Å². The van der Waals surface area contributed by atoms with Crippen LogP contribution in [0.5, 0.6) is 5.75 Å². The lowest BCUT2D eigenvalue weighted by Crippen LogP contribution is -2.35. The third-order valence-electron chi connectivity index (χ3n) is 2.24. The molecule has 0 spiro atoms. The fourth-order valence-corrected chi connectivity index (χ4v) is 1.52. The van der Waals surface area contributed by atoms with Crippen LogP contribution in [0.3, 0.4) is 0 Å². The van der Waals surface area contributed by atoms with Gasteiger partial charge in [0.1, 0.15) is 11.8 Å². The second-order valence-electron chi connectivity index (χ2n) is 4.07. The molecule has 0 bridgehead atoms. The van der Waals surface area contributed by atoms with Crippen molar-refractivity contribution in [3.63, 3.8) is 0 Å².